The highest BCUT2D eigenvalue weighted by Gasteiger charge is 2.24. The lowest BCUT2D eigenvalue weighted by Crippen LogP contribution is -2.42. The molecule has 0 fully saturated rings. The number of aliphatic imine (C=N–C) groups is 1. The molecule has 0 spiro atoms. The van der Waals surface area contributed by atoms with Gasteiger partial charge in [-0.05, 0) is 57.9 Å². The number of rotatable bonds is 8. The molecule has 0 aliphatic heterocycles. The van der Waals surface area contributed by atoms with Gasteiger partial charge in [-0.1, -0.05) is 36.4 Å². The zero-order chi connectivity index (χ0) is 23.1. The van der Waals surface area contributed by atoms with Crippen LogP contribution in [-0.4, -0.2) is 39.6 Å². The van der Waals surface area contributed by atoms with E-state index in [-0.39, 0.29) is 11.0 Å². The van der Waals surface area contributed by atoms with Crippen molar-refractivity contribution in [1.82, 2.24) is 15.4 Å². The molecule has 0 amide bonds. The van der Waals surface area contributed by atoms with Crippen LogP contribution in [0.5, 0.6) is 5.75 Å². The van der Waals surface area contributed by atoms with Gasteiger partial charge in [0.1, 0.15) is 11.9 Å². The Hall–Kier alpha value is -2.58. The van der Waals surface area contributed by atoms with Crippen LogP contribution >= 0.6 is 0 Å². The molecule has 0 heterocycles. The van der Waals surface area contributed by atoms with E-state index >= 15 is 0 Å². The lowest BCUT2D eigenvalue weighted by atomic mass is 10.1. The maximum Gasteiger partial charge on any atom is 0.241 e. The number of nitrogens with one attached hydrogen (secondary N) is 3. The zero-order valence-electron chi connectivity index (χ0n) is 19.2. The minimum Gasteiger partial charge on any atom is -0.489 e. The van der Waals surface area contributed by atoms with Gasteiger partial charge in [-0.3, -0.25) is 4.99 Å². The molecule has 2 aromatic rings. The van der Waals surface area contributed by atoms with Gasteiger partial charge in [0.2, 0.25) is 10.0 Å². The summed E-state index contributed by atoms with van der Waals surface area (Å²) >= 11 is 0. The molecular weight excluding hydrogens is 412 g/mol. The number of sulfonamides is 1. The fourth-order valence-electron chi connectivity index (χ4n) is 2.96. The molecule has 1 unspecified atom stereocenters. The standard InChI is InChI=1S/C23H34N4O3S/c1-17-11-7-9-13-20(17)30-18(2)15-25-22(24-6)26-16-19-12-8-10-14-21(19)31(28,29)27-23(3,4)5/h7-14,18,27H,15-16H2,1-6H3,(H2,24,25,26). The molecule has 7 nitrogen and oxygen atoms in total. The second-order valence-corrected chi connectivity index (χ2v) is 10.1. The summed E-state index contributed by atoms with van der Waals surface area (Å²) in [5.41, 5.74) is 1.18. The van der Waals surface area contributed by atoms with Crippen molar-refractivity contribution in [2.75, 3.05) is 13.6 Å². The molecule has 2 aromatic carbocycles. The van der Waals surface area contributed by atoms with E-state index in [0.717, 1.165) is 11.3 Å². The molecule has 3 N–H and O–H groups in total. The van der Waals surface area contributed by atoms with Crippen LogP contribution in [0.2, 0.25) is 0 Å². The zero-order valence-corrected chi connectivity index (χ0v) is 20.0. The van der Waals surface area contributed by atoms with Crippen molar-refractivity contribution in [1.29, 1.82) is 0 Å². The lowest BCUT2D eigenvalue weighted by Gasteiger charge is -2.22. The normalized spacial score (nSPS) is 13.5. The summed E-state index contributed by atoms with van der Waals surface area (Å²) in [4.78, 5) is 4.48. The van der Waals surface area contributed by atoms with Gasteiger partial charge in [0.15, 0.2) is 5.96 Å². The Kier molecular flexibility index (Phi) is 8.47. The molecule has 0 aliphatic carbocycles. The molecule has 0 saturated carbocycles. The number of para-hydroxylation sites is 1. The van der Waals surface area contributed by atoms with E-state index in [1.54, 1.807) is 25.2 Å². The van der Waals surface area contributed by atoms with Crippen LogP contribution in [0.1, 0.15) is 38.8 Å². The smallest absolute Gasteiger partial charge is 0.241 e. The van der Waals surface area contributed by atoms with Crippen LogP contribution in [0.25, 0.3) is 0 Å². The summed E-state index contributed by atoms with van der Waals surface area (Å²) in [7, 11) is -1.97. The van der Waals surface area contributed by atoms with E-state index in [4.69, 9.17) is 4.74 Å². The average Bonchev–Trinajstić information content (AvgIpc) is 2.68. The number of guanidine groups is 1. The third-order valence-electron chi connectivity index (χ3n) is 4.35. The minimum atomic E-state index is -3.64. The SMILES string of the molecule is CN=C(NCc1ccccc1S(=O)(=O)NC(C)(C)C)NCC(C)Oc1ccccc1C. The van der Waals surface area contributed by atoms with Gasteiger partial charge >= 0.3 is 0 Å². The summed E-state index contributed by atoms with van der Waals surface area (Å²) in [6.45, 7) is 10.3. The molecule has 0 radical (unpaired) electrons. The Labute approximate surface area is 186 Å². The first-order valence-electron chi connectivity index (χ1n) is 10.3. The van der Waals surface area contributed by atoms with Crippen LogP contribution < -0.4 is 20.1 Å². The first-order chi connectivity index (χ1) is 14.5. The van der Waals surface area contributed by atoms with Crippen molar-refractivity contribution >= 4 is 16.0 Å². The van der Waals surface area contributed by atoms with Crippen LogP contribution in [0, 0.1) is 6.92 Å². The Balaban J connectivity index is 1.98. The quantitative estimate of drug-likeness (QED) is 0.428. The third-order valence-corrected chi connectivity index (χ3v) is 6.21. The fourth-order valence-corrected chi connectivity index (χ4v) is 4.62. The van der Waals surface area contributed by atoms with Gasteiger partial charge in [0, 0.05) is 19.1 Å². The molecule has 8 heteroatoms. The number of nitrogens with zero attached hydrogens (tertiary/aromatic N) is 1. The Morgan fingerprint density at radius 3 is 2.35 bits per heavy atom. The molecule has 170 valence electrons. The predicted octanol–water partition coefficient (Wildman–Crippen LogP) is 3.20. The van der Waals surface area contributed by atoms with Gasteiger partial charge in [0.25, 0.3) is 0 Å². The second-order valence-electron chi connectivity index (χ2n) is 8.46. The maximum atomic E-state index is 12.8. The van der Waals surface area contributed by atoms with Crippen molar-refractivity contribution in [3.8, 4) is 5.75 Å². The van der Waals surface area contributed by atoms with Crippen LogP contribution in [0.4, 0.5) is 0 Å². The summed E-state index contributed by atoms with van der Waals surface area (Å²) in [5.74, 6) is 1.42. The van der Waals surface area contributed by atoms with E-state index in [1.807, 2.05) is 65.0 Å². The average molecular weight is 447 g/mol. The third kappa shape index (κ3) is 7.88. The van der Waals surface area contributed by atoms with Crippen molar-refractivity contribution in [2.24, 2.45) is 4.99 Å². The Morgan fingerprint density at radius 2 is 1.71 bits per heavy atom. The Morgan fingerprint density at radius 1 is 1.06 bits per heavy atom. The number of benzene rings is 2. The van der Waals surface area contributed by atoms with Gasteiger partial charge in [-0.25, -0.2) is 13.1 Å². The number of hydrogen-bond acceptors (Lipinski definition) is 4. The van der Waals surface area contributed by atoms with Gasteiger partial charge in [0.05, 0.1) is 11.4 Å². The first-order valence-corrected chi connectivity index (χ1v) is 11.8. The van der Waals surface area contributed by atoms with Gasteiger partial charge < -0.3 is 15.4 Å². The van der Waals surface area contributed by atoms with Crippen molar-refractivity contribution < 1.29 is 13.2 Å². The topological polar surface area (TPSA) is 91.8 Å². The minimum absolute atomic E-state index is 0.0803. The highest BCUT2D eigenvalue weighted by Crippen LogP contribution is 2.18. The van der Waals surface area contributed by atoms with Crippen LogP contribution in [-0.2, 0) is 16.6 Å². The largest absolute Gasteiger partial charge is 0.489 e. The van der Waals surface area contributed by atoms with Crippen molar-refractivity contribution in [2.45, 2.75) is 57.7 Å². The summed E-state index contributed by atoms with van der Waals surface area (Å²) in [5, 5.41) is 6.41. The molecule has 0 saturated heterocycles. The van der Waals surface area contributed by atoms with Gasteiger partial charge in [-0.2, -0.15) is 0 Å². The maximum absolute atomic E-state index is 12.8. The van der Waals surface area contributed by atoms with E-state index in [9.17, 15) is 8.42 Å². The number of hydrogen-bond donors (Lipinski definition) is 3. The molecule has 0 aromatic heterocycles. The highest BCUT2D eigenvalue weighted by molar-refractivity contribution is 7.89. The monoisotopic (exact) mass is 446 g/mol. The highest BCUT2D eigenvalue weighted by atomic mass is 32.2. The summed E-state index contributed by atoms with van der Waals surface area (Å²) in [6, 6.07) is 14.8. The molecule has 31 heavy (non-hydrogen) atoms. The second kappa shape index (κ2) is 10.6. The lowest BCUT2D eigenvalue weighted by molar-refractivity contribution is 0.222. The van der Waals surface area contributed by atoms with E-state index in [0.29, 0.717) is 24.6 Å². The fraction of sp³-hybridized carbons (Fsp3) is 0.435. The van der Waals surface area contributed by atoms with Crippen molar-refractivity contribution in [3.05, 3.63) is 59.7 Å². The molecule has 2 rings (SSSR count). The van der Waals surface area contributed by atoms with Crippen LogP contribution in [0.15, 0.2) is 58.4 Å². The molecular formula is C23H34N4O3S. The molecule has 1 atom stereocenters. The van der Waals surface area contributed by atoms with Gasteiger partial charge in [-0.15, -0.1) is 0 Å². The van der Waals surface area contributed by atoms with E-state index in [1.165, 1.54) is 0 Å². The Bertz CT molecular complexity index is 998. The number of aryl methyl sites for hydroxylation is 1. The van der Waals surface area contributed by atoms with Crippen molar-refractivity contribution in [3.63, 3.8) is 0 Å². The predicted molar refractivity (Wildman–Crippen MR) is 126 cm³/mol. The molecule has 0 bridgehead atoms. The van der Waals surface area contributed by atoms with Crippen LogP contribution in [0.3, 0.4) is 0 Å². The van der Waals surface area contributed by atoms with E-state index < -0.39 is 15.6 Å². The summed E-state index contributed by atoms with van der Waals surface area (Å²) < 4.78 is 34.3. The summed E-state index contributed by atoms with van der Waals surface area (Å²) in [6.07, 6.45) is -0.0803. The first kappa shape index (κ1) is 24.7. The molecule has 0 aliphatic rings. The number of ether oxygens (including phenoxy) is 1. The van der Waals surface area contributed by atoms with E-state index in [2.05, 4.69) is 20.3 Å².